The van der Waals surface area contributed by atoms with Crippen molar-refractivity contribution < 1.29 is 5.11 Å². The number of rotatable bonds is 8. The van der Waals surface area contributed by atoms with Crippen LogP contribution in [0.4, 0.5) is 0 Å². The van der Waals surface area contributed by atoms with Crippen molar-refractivity contribution >= 4 is 11.8 Å². The minimum Gasteiger partial charge on any atom is -0.394 e. The lowest BCUT2D eigenvalue weighted by atomic mass is 9.97. The standard InChI is InChI=1S/C11H20N4OS/c1-11(7-16,14-9-3-4-9)5-2-6-17-10-12-8-13-15-10/h8-9,14,16H,2-7H2,1H3,(H,12,13,15). The first kappa shape index (κ1) is 12.9. The van der Waals surface area contributed by atoms with Crippen LogP contribution in [0.3, 0.4) is 0 Å². The van der Waals surface area contributed by atoms with E-state index >= 15 is 0 Å². The molecule has 1 aromatic rings. The number of aromatic nitrogens is 3. The largest absolute Gasteiger partial charge is 0.394 e. The van der Waals surface area contributed by atoms with Crippen LogP contribution in [-0.2, 0) is 0 Å². The molecule has 2 rings (SSSR count). The zero-order valence-electron chi connectivity index (χ0n) is 10.1. The minimum absolute atomic E-state index is 0.122. The molecular weight excluding hydrogens is 236 g/mol. The maximum Gasteiger partial charge on any atom is 0.183 e. The molecule has 0 saturated heterocycles. The minimum atomic E-state index is -0.122. The van der Waals surface area contributed by atoms with Crippen LogP contribution in [0.1, 0.15) is 32.6 Å². The summed E-state index contributed by atoms with van der Waals surface area (Å²) in [7, 11) is 0. The summed E-state index contributed by atoms with van der Waals surface area (Å²) in [5, 5.41) is 20.5. The van der Waals surface area contributed by atoms with Gasteiger partial charge < -0.3 is 10.4 Å². The molecule has 1 atom stereocenters. The monoisotopic (exact) mass is 256 g/mol. The number of nitrogens with zero attached hydrogens (tertiary/aromatic N) is 2. The van der Waals surface area contributed by atoms with Gasteiger partial charge in [0.05, 0.1) is 6.61 Å². The van der Waals surface area contributed by atoms with Crippen molar-refractivity contribution in [1.29, 1.82) is 0 Å². The van der Waals surface area contributed by atoms with E-state index in [1.165, 1.54) is 19.2 Å². The van der Waals surface area contributed by atoms with Crippen molar-refractivity contribution in [2.45, 2.75) is 49.3 Å². The van der Waals surface area contributed by atoms with Gasteiger partial charge in [-0.25, -0.2) is 4.98 Å². The number of thioether (sulfide) groups is 1. The quantitative estimate of drug-likeness (QED) is 0.481. The van der Waals surface area contributed by atoms with Crippen LogP contribution < -0.4 is 5.32 Å². The van der Waals surface area contributed by atoms with Crippen molar-refractivity contribution in [2.75, 3.05) is 12.4 Å². The fourth-order valence-corrected chi connectivity index (χ4v) is 2.53. The van der Waals surface area contributed by atoms with E-state index in [1.807, 2.05) is 0 Å². The van der Waals surface area contributed by atoms with Gasteiger partial charge in [0.15, 0.2) is 5.16 Å². The van der Waals surface area contributed by atoms with E-state index in [-0.39, 0.29) is 12.1 Å². The Morgan fingerprint density at radius 2 is 2.47 bits per heavy atom. The second-order valence-electron chi connectivity index (χ2n) is 4.88. The van der Waals surface area contributed by atoms with Gasteiger partial charge in [-0.1, -0.05) is 11.8 Å². The summed E-state index contributed by atoms with van der Waals surface area (Å²) < 4.78 is 0. The molecule has 1 heterocycles. The van der Waals surface area contributed by atoms with Gasteiger partial charge in [0.1, 0.15) is 6.33 Å². The third-order valence-electron chi connectivity index (χ3n) is 2.98. The average Bonchev–Trinajstić information content (AvgIpc) is 2.97. The predicted octanol–water partition coefficient (Wildman–Crippen LogP) is 1.18. The van der Waals surface area contributed by atoms with E-state index in [0.29, 0.717) is 6.04 Å². The Labute approximate surface area is 106 Å². The molecule has 3 N–H and O–H groups in total. The van der Waals surface area contributed by atoms with Crippen molar-refractivity contribution in [2.24, 2.45) is 0 Å². The molecule has 1 aromatic heterocycles. The normalized spacial score (nSPS) is 19.2. The van der Waals surface area contributed by atoms with Gasteiger partial charge in [0.2, 0.25) is 0 Å². The number of aliphatic hydroxyl groups is 1. The molecule has 0 bridgehead atoms. The van der Waals surface area contributed by atoms with Crippen molar-refractivity contribution in [3.8, 4) is 0 Å². The Bertz CT molecular complexity index is 328. The third kappa shape index (κ3) is 4.29. The van der Waals surface area contributed by atoms with E-state index in [1.54, 1.807) is 11.8 Å². The van der Waals surface area contributed by atoms with E-state index in [4.69, 9.17) is 0 Å². The number of H-pyrrole nitrogens is 1. The van der Waals surface area contributed by atoms with Crippen molar-refractivity contribution in [3.63, 3.8) is 0 Å². The van der Waals surface area contributed by atoms with Crippen LogP contribution in [0, 0.1) is 0 Å². The number of hydrogen-bond acceptors (Lipinski definition) is 5. The molecule has 1 aliphatic rings. The number of aromatic amines is 1. The van der Waals surface area contributed by atoms with E-state index < -0.39 is 0 Å². The Hall–Kier alpha value is -0.590. The summed E-state index contributed by atoms with van der Waals surface area (Å²) in [4.78, 5) is 4.06. The number of aliphatic hydroxyl groups excluding tert-OH is 1. The highest BCUT2D eigenvalue weighted by Crippen LogP contribution is 2.25. The van der Waals surface area contributed by atoms with Crippen molar-refractivity contribution in [3.05, 3.63) is 6.33 Å². The third-order valence-corrected chi connectivity index (χ3v) is 3.95. The molecule has 0 amide bonds. The highest BCUT2D eigenvalue weighted by atomic mass is 32.2. The summed E-state index contributed by atoms with van der Waals surface area (Å²) in [6, 6.07) is 0.633. The smallest absolute Gasteiger partial charge is 0.183 e. The van der Waals surface area contributed by atoms with Gasteiger partial charge in [0, 0.05) is 17.3 Å². The molecule has 1 saturated carbocycles. The first-order valence-electron chi connectivity index (χ1n) is 6.08. The second-order valence-corrected chi connectivity index (χ2v) is 5.96. The van der Waals surface area contributed by atoms with Gasteiger partial charge in [0.25, 0.3) is 0 Å². The van der Waals surface area contributed by atoms with E-state index in [2.05, 4.69) is 27.4 Å². The molecule has 0 aromatic carbocycles. The van der Waals surface area contributed by atoms with E-state index in [9.17, 15) is 5.11 Å². The molecule has 0 radical (unpaired) electrons. The van der Waals surface area contributed by atoms with Gasteiger partial charge in [-0.2, -0.15) is 5.10 Å². The molecule has 1 aliphatic carbocycles. The van der Waals surface area contributed by atoms with Crippen LogP contribution in [0.5, 0.6) is 0 Å². The predicted molar refractivity (Wildman–Crippen MR) is 68.0 cm³/mol. The first-order chi connectivity index (χ1) is 8.22. The molecule has 0 aliphatic heterocycles. The summed E-state index contributed by atoms with van der Waals surface area (Å²) in [5.74, 6) is 0.997. The zero-order chi connectivity index (χ0) is 12.1. The molecule has 0 spiro atoms. The van der Waals surface area contributed by atoms with Gasteiger partial charge in [-0.05, 0) is 32.6 Å². The molecule has 1 unspecified atom stereocenters. The van der Waals surface area contributed by atoms with Gasteiger partial charge in [-0.3, -0.25) is 5.10 Å². The average molecular weight is 256 g/mol. The maximum absolute atomic E-state index is 9.45. The van der Waals surface area contributed by atoms with Crippen LogP contribution >= 0.6 is 11.8 Å². The van der Waals surface area contributed by atoms with Crippen LogP contribution in [0.2, 0.25) is 0 Å². The highest BCUT2D eigenvalue weighted by molar-refractivity contribution is 7.99. The molecular formula is C11H20N4OS. The fourth-order valence-electron chi connectivity index (χ4n) is 1.81. The van der Waals surface area contributed by atoms with Crippen LogP contribution in [0.25, 0.3) is 0 Å². The summed E-state index contributed by atoms with van der Waals surface area (Å²) in [5.41, 5.74) is -0.122. The van der Waals surface area contributed by atoms with Gasteiger partial charge in [-0.15, -0.1) is 0 Å². The molecule has 17 heavy (non-hydrogen) atoms. The lowest BCUT2D eigenvalue weighted by Crippen LogP contribution is -2.46. The molecule has 96 valence electrons. The fraction of sp³-hybridized carbons (Fsp3) is 0.818. The lowest BCUT2D eigenvalue weighted by Gasteiger charge is -2.29. The van der Waals surface area contributed by atoms with Crippen LogP contribution in [-0.4, -0.2) is 44.2 Å². The first-order valence-corrected chi connectivity index (χ1v) is 7.07. The SMILES string of the molecule is CC(CO)(CCCSc1ncn[nH]1)NC1CC1. The van der Waals surface area contributed by atoms with Crippen molar-refractivity contribution in [1.82, 2.24) is 20.5 Å². The Balaban J connectivity index is 1.65. The van der Waals surface area contributed by atoms with E-state index in [0.717, 1.165) is 23.8 Å². The summed E-state index contributed by atoms with van der Waals surface area (Å²) in [6.45, 7) is 2.31. The summed E-state index contributed by atoms with van der Waals surface area (Å²) >= 11 is 1.67. The van der Waals surface area contributed by atoms with Gasteiger partial charge >= 0.3 is 0 Å². The second kappa shape index (κ2) is 5.84. The Morgan fingerprint density at radius 3 is 3.06 bits per heavy atom. The molecule has 5 nitrogen and oxygen atoms in total. The van der Waals surface area contributed by atoms with Crippen LogP contribution in [0.15, 0.2) is 11.5 Å². The number of nitrogens with one attached hydrogen (secondary N) is 2. The number of hydrogen-bond donors (Lipinski definition) is 3. The molecule has 6 heteroatoms. The molecule has 1 fully saturated rings. The Kier molecular flexibility index (Phi) is 4.42. The maximum atomic E-state index is 9.45. The summed E-state index contributed by atoms with van der Waals surface area (Å²) in [6.07, 6.45) is 6.07. The topological polar surface area (TPSA) is 73.8 Å². The Morgan fingerprint density at radius 1 is 1.65 bits per heavy atom. The zero-order valence-corrected chi connectivity index (χ0v) is 11.0. The lowest BCUT2D eigenvalue weighted by molar-refractivity contribution is 0.163. The highest BCUT2D eigenvalue weighted by Gasteiger charge is 2.31.